The highest BCUT2D eigenvalue weighted by atomic mass is 32.1. The van der Waals surface area contributed by atoms with E-state index in [4.69, 9.17) is 0 Å². The van der Waals surface area contributed by atoms with Crippen LogP contribution >= 0.6 is 45.3 Å². The van der Waals surface area contributed by atoms with Gasteiger partial charge in [0.1, 0.15) is 10.0 Å². The van der Waals surface area contributed by atoms with Crippen molar-refractivity contribution < 1.29 is 0 Å². The van der Waals surface area contributed by atoms with Crippen LogP contribution in [0.4, 0.5) is 32.8 Å². The molecular formula is C62H38N4S4. The van der Waals surface area contributed by atoms with E-state index in [1.165, 1.54) is 92.6 Å². The molecule has 0 bridgehead atoms. The van der Waals surface area contributed by atoms with Gasteiger partial charge in [-0.05, 0) is 121 Å². The lowest BCUT2D eigenvalue weighted by Crippen LogP contribution is -2.08. The number of fused-ring (bicyclic) bond motifs is 12. The van der Waals surface area contributed by atoms with Gasteiger partial charge in [-0.3, -0.25) is 0 Å². The summed E-state index contributed by atoms with van der Waals surface area (Å²) in [5.74, 6) is 0. The fourth-order valence-corrected chi connectivity index (χ4v) is 15.2. The number of thiophene rings is 4. The topological polar surface area (TPSA) is 16.3 Å². The summed E-state index contributed by atoms with van der Waals surface area (Å²) in [6.45, 7) is 0. The van der Waals surface area contributed by atoms with Crippen LogP contribution in [0.15, 0.2) is 231 Å². The molecule has 0 aliphatic heterocycles. The molecule has 0 saturated heterocycles. The van der Waals surface area contributed by atoms with Crippen LogP contribution in [0.25, 0.3) is 94.0 Å². The van der Waals surface area contributed by atoms with Crippen molar-refractivity contribution in [3.8, 4) is 11.4 Å². The molecule has 15 rings (SSSR count). The summed E-state index contributed by atoms with van der Waals surface area (Å²) >= 11 is 7.46. The predicted octanol–water partition coefficient (Wildman–Crippen LogP) is 19.7. The number of rotatable bonds is 8. The van der Waals surface area contributed by atoms with Crippen LogP contribution in [-0.4, -0.2) is 9.13 Å². The normalized spacial score (nSPS) is 12.0. The van der Waals surface area contributed by atoms with Crippen molar-refractivity contribution in [3.63, 3.8) is 0 Å². The summed E-state index contributed by atoms with van der Waals surface area (Å²) in [5.41, 5.74) is 11.6. The third-order valence-corrected chi connectivity index (χ3v) is 18.3. The molecule has 4 nitrogen and oxygen atoms in total. The van der Waals surface area contributed by atoms with Gasteiger partial charge in [0.2, 0.25) is 0 Å². The molecule has 9 aromatic carbocycles. The van der Waals surface area contributed by atoms with Crippen molar-refractivity contribution >= 4 is 161 Å². The first-order valence-corrected chi connectivity index (χ1v) is 26.7. The molecule has 0 radical (unpaired) electrons. The molecule has 6 heterocycles. The first kappa shape index (κ1) is 40.0. The van der Waals surface area contributed by atoms with Crippen molar-refractivity contribution in [1.29, 1.82) is 0 Å². The molecule has 15 aromatic rings. The minimum absolute atomic E-state index is 1.13. The molecule has 8 heteroatoms. The lowest BCUT2D eigenvalue weighted by Gasteiger charge is -2.24. The Bertz CT molecular complexity index is 4190. The average Bonchev–Trinajstić information content (AvgIpc) is 4.27. The van der Waals surface area contributed by atoms with Gasteiger partial charge in [-0.15, -0.1) is 45.3 Å². The molecule has 0 aliphatic carbocycles. The first-order valence-electron chi connectivity index (χ1n) is 23.4. The summed E-state index contributed by atoms with van der Waals surface area (Å²) in [4.78, 5) is 4.88. The zero-order chi connectivity index (χ0) is 45.9. The van der Waals surface area contributed by atoms with Crippen molar-refractivity contribution in [1.82, 2.24) is 9.13 Å². The Morgan fingerprint density at radius 1 is 0.257 bits per heavy atom. The Morgan fingerprint density at radius 2 is 0.629 bits per heavy atom. The Labute approximate surface area is 418 Å². The van der Waals surface area contributed by atoms with E-state index < -0.39 is 0 Å². The molecule has 330 valence electrons. The number of hydrogen-bond donors (Lipinski definition) is 0. The van der Waals surface area contributed by atoms with E-state index in [9.17, 15) is 0 Å². The SMILES string of the molecule is c1ccc(N(c2ccc3sc4ccccc4c3c2)c2cc3c(s2)c2cc4c(cc2n3-c2ccccc2)c2sc(N(c3ccccc3)c3ccc5sc6ccccc6c5c3)cc2n4-c2ccccc2)cc1. The lowest BCUT2D eigenvalue weighted by atomic mass is 10.1. The third-order valence-electron chi connectivity index (χ3n) is 13.7. The third kappa shape index (κ3) is 6.17. The predicted molar refractivity (Wildman–Crippen MR) is 306 cm³/mol. The maximum absolute atomic E-state index is 2.49. The van der Waals surface area contributed by atoms with Crippen LogP contribution in [0.1, 0.15) is 0 Å². The second-order valence-electron chi connectivity index (χ2n) is 17.7. The van der Waals surface area contributed by atoms with Gasteiger partial charge in [0.05, 0.1) is 31.5 Å². The standard InChI is InChI=1S/C62H38N4S4/c1-5-17-39(18-6-1)63(43-29-31-57-47(33-43)45-25-13-15-27-55(45)67-57)59-37-53-61(69-59)49-35-52-50(36-51(49)65(53)41-21-9-3-10-22-41)62-54(66(52)42-23-11-4-12-24-42)38-60(70-62)64(40-19-7-2-8-20-40)44-30-32-58-48(34-44)46-26-14-16-28-56(46)68-58/h1-38H. The monoisotopic (exact) mass is 966 g/mol. The Morgan fingerprint density at radius 3 is 1.06 bits per heavy atom. The van der Waals surface area contributed by atoms with Crippen LogP contribution in [0.3, 0.4) is 0 Å². The summed E-state index contributed by atoms with van der Waals surface area (Å²) in [5, 5.41) is 9.98. The van der Waals surface area contributed by atoms with Gasteiger partial charge in [0, 0.05) is 85.2 Å². The Kier molecular flexibility index (Phi) is 9.01. The molecule has 0 saturated carbocycles. The molecule has 70 heavy (non-hydrogen) atoms. The number of nitrogens with zero attached hydrogens (tertiary/aromatic N) is 4. The Balaban J connectivity index is 0.971. The fourth-order valence-electron chi connectivity index (χ4n) is 10.6. The van der Waals surface area contributed by atoms with Gasteiger partial charge in [-0.2, -0.15) is 0 Å². The van der Waals surface area contributed by atoms with E-state index in [1.807, 2.05) is 45.3 Å². The van der Waals surface area contributed by atoms with E-state index >= 15 is 0 Å². The van der Waals surface area contributed by atoms with Gasteiger partial charge in [-0.25, -0.2) is 0 Å². The highest BCUT2D eigenvalue weighted by Gasteiger charge is 2.26. The fraction of sp³-hybridized carbons (Fsp3) is 0. The largest absolute Gasteiger partial charge is 0.308 e. The van der Waals surface area contributed by atoms with Gasteiger partial charge >= 0.3 is 0 Å². The summed E-state index contributed by atoms with van der Waals surface area (Å²) in [7, 11) is 0. The molecule has 6 aromatic heterocycles. The summed E-state index contributed by atoms with van der Waals surface area (Å²) < 4.78 is 12.7. The van der Waals surface area contributed by atoms with Gasteiger partial charge in [0.25, 0.3) is 0 Å². The van der Waals surface area contributed by atoms with Gasteiger partial charge in [0.15, 0.2) is 0 Å². The van der Waals surface area contributed by atoms with E-state index in [0.717, 1.165) is 34.1 Å². The highest BCUT2D eigenvalue weighted by molar-refractivity contribution is 7.26. The molecule has 0 unspecified atom stereocenters. The maximum atomic E-state index is 2.49. The maximum Gasteiger partial charge on any atom is 0.103 e. The van der Waals surface area contributed by atoms with Crippen LogP contribution < -0.4 is 9.80 Å². The first-order chi connectivity index (χ1) is 34.7. The molecule has 0 atom stereocenters. The van der Waals surface area contributed by atoms with Crippen molar-refractivity contribution in [2.75, 3.05) is 9.80 Å². The van der Waals surface area contributed by atoms with Crippen molar-refractivity contribution in [2.45, 2.75) is 0 Å². The van der Waals surface area contributed by atoms with Gasteiger partial charge in [-0.1, -0.05) is 109 Å². The van der Waals surface area contributed by atoms with E-state index in [1.54, 1.807) is 0 Å². The van der Waals surface area contributed by atoms with Crippen LogP contribution in [0.5, 0.6) is 0 Å². The summed E-state index contributed by atoms with van der Waals surface area (Å²) in [6.07, 6.45) is 0. The molecule has 0 fully saturated rings. The van der Waals surface area contributed by atoms with Crippen LogP contribution in [0, 0.1) is 0 Å². The number of benzene rings is 9. The zero-order valence-electron chi connectivity index (χ0n) is 37.4. The number of hydrogen-bond acceptors (Lipinski definition) is 6. The molecule has 0 amide bonds. The second-order valence-corrected chi connectivity index (χ2v) is 22.0. The van der Waals surface area contributed by atoms with Crippen LogP contribution in [0.2, 0.25) is 0 Å². The van der Waals surface area contributed by atoms with E-state index in [2.05, 4.69) is 249 Å². The number of anilines is 6. The quantitative estimate of drug-likeness (QED) is 0.151. The smallest absolute Gasteiger partial charge is 0.103 e. The molecular weight excluding hydrogens is 929 g/mol. The minimum atomic E-state index is 1.13. The van der Waals surface area contributed by atoms with Crippen molar-refractivity contribution in [2.24, 2.45) is 0 Å². The zero-order valence-corrected chi connectivity index (χ0v) is 40.6. The molecule has 0 aliphatic rings. The molecule has 0 N–H and O–H groups in total. The highest BCUT2D eigenvalue weighted by Crippen LogP contribution is 2.51. The molecule has 0 spiro atoms. The van der Waals surface area contributed by atoms with Crippen molar-refractivity contribution in [3.05, 3.63) is 231 Å². The van der Waals surface area contributed by atoms with E-state index in [-0.39, 0.29) is 0 Å². The number of aromatic nitrogens is 2. The summed E-state index contributed by atoms with van der Waals surface area (Å²) in [6, 6.07) is 84.7. The lowest BCUT2D eigenvalue weighted by molar-refractivity contribution is 1.17. The van der Waals surface area contributed by atoms with Gasteiger partial charge < -0.3 is 18.9 Å². The average molecular weight is 967 g/mol. The minimum Gasteiger partial charge on any atom is -0.308 e. The Hall–Kier alpha value is -7.98. The second kappa shape index (κ2) is 15.8. The van der Waals surface area contributed by atoms with Crippen LogP contribution in [-0.2, 0) is 0 Å². The number of para-hydroxylation sites is 4. The van der Waals surface area contributed by atoms with E-state index in [0.29, 0.717) is 0 Å².